The fourth-order valence-electron chi connectivity index (χ4n) is 2.33. The molecule has 0 spiro atoms. The van der Waals surface area contributed by atoms with Gasteiger partial charge in [0.2, 0.25) is 0 Å². The monoisotopic (exact) mass is 269 g/mol. The number of nitrogens with one attached hydrogen (secondary N) is 1. The first-order valence-corrected chi connectivity index (χ1v) is 7.26. The highest BCUT2D eigenvalue weighted by atomic mass is 14.9. The summed E-state index contributed by atoms with van der Waals surface area (Å²) in [6.07, 6.45) is 3.09. The van der Waals surface area contributed by atoms with Crippen LogP contribution in [0.4, 0.5) is 0 Å². The van der Waals surface area contributed by atoms with E-state index in [1.54, 1.807) is 0 Å². The lowest BCUT2D eigenvalue weighted by atomic mass is 10.1. The van der Waals surface area contributed by atoms with Gasteiger partial charge in [-0.25, -0.2) is 9.97 Å². The van der Waals surface area contributed by atoms with E-state index >= 15 is 0 Å². The summed E-state index contributed by atoms with van der Waals surface area (Å²) in [7, 11) is 0. The molecule has 1 atom stereocenters. The molecule has 1 aromatic carbocycles. The van der Waals surface area contributed by atoms with Crippen LogP contribution in [0.2, 0.25) is 0 Å². The van der Waals surface area contributed by atoms with Crippen molar-refractivity contribution in [1.82, 2.24) is 15.3 Å². The number of hydrogen-bond acceptors (Lipinski definition) is 3. The number of hydrogen-bond donors (Lipinski definition) is 1. The first-order valence-electron chi connectivity index (χ1n) is 7.26. The largest absolute Gasteiger partial charge is 0.310 e. The highest BCUT2D eigenvalue weighted by Crippen LogP contribution is 2.22. The van der Waals surface area contributed by atoms with Gasteiger partial charge < -0.3 is 5.32 Å². The van der Waals surface area contributed by atoms with Crippen molar-refractivity contribution in [3.8, 4) is 11.4 Å². The zero-order valence-electron chi connectivity index (χ0n) is 12.8. The fourth-order valence-corrected chi connectivity index (χ4v) is 2.33. The van der Waals surface area contributed by atoms with E-state index < -0.39 is 0 Å². The van der Waals surface area contributed by atoms with Gasteiger partial charge in [-0.1, -0.05) is 31.2 Å². The van der Waals surface area contributed by atoms with E-state index in [4.69, 9.17) is 0 Å². The smallest absolute Gasteiger partial charge is 0.159 e. The Morgan fingerprint density at radius 1 is 1.20 bits per heavy atom. The van der Waals surface area contributed by atoms with Crippen LogP contribution in [0.15, 0.2) is 30.5 Å². The minimum absolute atomic E-state index is 0.292. The Morgan fingerprint density at radius 2 is 1.95 bits per heavy atom. The molecule has 0 amide bonds. The maximum atomic E-state index is 4.68. The standard InChI is InChI=1S/C17H23N3/c1-5-10-18-13(3)16-11-19-17(20-14(16)4)15-9-7-6-8-12(15)2/h6-9,11,13,18H,5,10H2,1-4H3. The summed E-state index contributed by atoms with van der Waals surface area (Å²) in [5.41, 5.74) is 4.54. The highest BCUT2D eigenvalue weighted by molar-refractivity contribution is 5.59. The van der Waals surface area contributed by atoms with Gasteiger partial charge >= 0.3 is 0 Å². The van der Waals surface area contributed by atoms with Crippen molar-refractivity contribution in [3.05, 3.63) is 47.3 Å². The highest BCUT2D eigenvalue weighted by Gasteiger charge is 2.11. The van der Waals surface area contributed by atoms with E-state index in [1.807, 2.05) is 18.3 Å². The quantitative estimate of drug-likeness (QED) is 0.896. The Kier molecular flexibility index (Phi) is 4.85. The Hall–Kier alpha value is -1.74. The molecule has 106 valence electrons. The molecule has 2 aromatic rings. The molecule has 3 heteroatoms. The average Bonchev–Trinajstić information content (AvgIpc) is 2.45. The zero-order chi connectivity index (χ0) is 14.5. The Balaban J connectivity index is 2.28. The molecular weight excluding hydrogens is 246 g/mol. The molecule has 0 saturated heterocycles. The molecule has 0 bridgehead atoms. The predicted octanol–water partition coefficient (Wildman–Crippen LogP) is 3.82. The van der Waals surface area contributed by atoms with Crippen LogP contribution in [-0.2, 0) is 0 Å². The molecule has 1 N–H and O–H groups in total. The van der Waals surface area contributed by atoms with Gasteiger partial charge in [0, 0.05) is 29.1 Å². The number of aromatic nitrogens is 2. The van der Waals surface area contributed by atoms with Crippen LogP contribution in [0.5, 0.6) is 0 Å². The first kappa shape index (κ1) is 14.7. The lowest BCUT2D eigenvalue weighted by Gasteiger charge is -2.16. The summed E-state index contributed by atoms with van der Waals surface area (Å²) in [6, 6.07) is 8.52. The maximum absolute atomic E-state index is 4.68. The van der Waals surface area contributed by atoms with Crippen LogP contribution < -0.4 is 5.32 Å². The molecule has 1 aromatic heterocycles. The van der Waals surface area contributed by atoms with E-state index in [0.717, 1.165) is 30.0 Å². The summed E-state index contributed by atoms with van der Waals surface area (Å²) in [4.78, 5) is 9.23. The van der Waals surface area contributed by atoms with Gasteiger partial charge in [-0.3, -0.25) is 0 Å². The maximum Gasteiger partial charge on any atom is 0.159 e. The molecule has 0 aliphatic carbocycles. The van der Waals surface area contributed by atoms with Gasteiger partial charge in [0.1, 0.15) is 0 Å². The molecule has 0 aliphatic heterocycles. The number of benzene rings is 1. The normalized spacial score (nSPS) is 12.4. The van der Waals surface area contributed by atoms with Crippen molar-refractivity contribution >= 4 is 0 Å². The molecular formula is C17H23N3. The second-order valence-electron chi connectivity index (χ2n) is 5.23. The molecule has 1 unspecified atom stereocenters. The lowest BCUT2D eigenvalue weighted by Crippen LogP contribution is -2.20. The summed E-state index contributed by atoms with van der Waals surface area (Å²) < 4.78 is 0. The van der Waals surface area contributed by atoms with E-state index in [0.29, 0.717) is 6.04 Å². The molecule has 0 radical (unpaired) electrons. The number of rotatable bonds is 5. The summed E-state index contributed by atoms with van der Waals surface area (Å²) in [5, 5.41) is 3.48. The molecule has 0 saturated carbocycles. The Morgan fingerprint density at radius 3 is 2.60 bits per heavy atom. The number of aryl methyl sites for hydroxylation is 2. The fraction of sp³-hybridized carbons (Fsp3) is 0.412. The molecule has 20 heavy (non-hydrogen) atoms. The summed E-state index contributed by atoms with van der Waals surface area (Å²) >= 11 is 0. The van der Waals surface area contributed by atoms with Gasteiger partial charge in [0.25, 0.3) is 0 Å². The summed E-state index contributed by atoms with van der Waals surface area (Å²) in [5.74, 6) is 0.812. The van der Waals surface area contributed by atoms with Crippen LogP contribution in [0.1, 0.15) is 43.1 Å². The second-order valence-corrected chi connectivity index (χ2v) is 5.23. The molecule has 0 aliphatic rings. The molecule has 0 fully saturated rings. The Bertz CT molecular complexity index is 578. The second kappa shape index (κ2) is 6.62. The van der Waals surface area contributed by atoms with Crippen molar-refractivity contribution in [2.75, 3.05) is 6.54 Å². The average molecular weight is 269 g/mol. The topological polar surface area (TPSA) is 37.8 Å². The van der Waals surface area contributed by atoms with Gasteiger partial charge in [0.05, 0.1) is 0 Å². The predicted molar refractivity (Wildman–Crippen MR) is 83.7 cm³/mol. The minimum Gasteiger partial charge on any atom is -0.310 e. The molecule has 3 nitrogen and oxygen atoms in total. The van der Waals surface area contributed by atoms with E-state index in [9.17, 15) is 0 Å². The molecule has 2 rings (SSSR count). The van der Waals surface area contributed by atoms with Crippen LogP contribution in [-0.4, -0.2) is 16.5 Å². The third kappa shape index (κ3) is 3.23. The molecule has 1 heterocycles. The van der Waals surface area contributed by atoms with E-state index in [2.05, 4.69) is 55.1 Å². The van der Waals surface area contributed by atoms with Gasteiger partial charge in [0.15, 0.2) is 5.82 Å². The van der Waals surface area contributed by atoms with Crippen molar-refractivity contribution in [2.24, 2.45) is 0 Å². The van der Waals surface area contributed by atoms with E-state index in [-0.39, 0.29) is 0 Å². The van der Waals surface area contributed by atoms with Crippen molar-refractivity contribution in [3.63, 3.8) is 0 Å². The minimum atomic E-state index is 0.292. The third-order valence-corrected chi connectivity index (χ3v) is 3.57. The van der Waals surface area contributed by atoms with Crippen LogP contribution in [0, 0.1) is 13.8 Å². The first-order chi connectivity index (χ1) is 9.63. The van der Waals surface area contributed by atoms with Crippen molar-refractivity contribution in [1.29, 1.82) is 0 Å². The van der Waals surface area contributed by atoms with Crippen LogP contribution in [0.3, 0.4) is 0 Å². The Labute approximate surface area is 121 Å². The summed E-state index contributed by atoms with van der Waals surface area (Å²) in [6.45, 7) is 9.50. The zero-order valence-corrected chi connectivity index (χ0v) is 12.8. The number of nitrogens with zero attached hydrogens (tertiary/aromatic N) is 2. The van der Waals surface area contributed by atoms with Gasteiger partial charge in [-0.05, 0) is 39.3 Å². The third-order valence-electron chi connectivity index (χ3n) is 3.57. The van der Waals surface area contributed by atoms with Crippen molar-refractivity contribution < 1.29 is 0 Å². The van der Waals surface area contributed by atoms with E-state index in [1.165, 1.54) is 11.1 Å². The van der Waals surface area contributed by atoms with Gasteiger partial charge in [-0.15, -0.1) is 0 Å². The van der Waals surface area contributed by atoms with Crippen molar-refractivity contribution in [2.45, 2.75) is 40.2 Å². The lowest BCUT2D eigenvalue weighted by molar-refractivity contribution is 0.564. The SMILES string of the molecule is CCCNC(C)c1cnc(-c2ccccc2C)nc1C. The van der Waals surface area contributed by atoms with Crippen LogP contribution in [0.25, 0.3) is 11.4 Å². The van der Waals surface area contributed by atoms with Gasteiger partial charge in [-0.2, -0.15) is 0 Å². The van der Waals surface area contributed by atoms with Crippen LogP contribution >= 0.6 is 0 Å².